The summed E-state index contributed by atoms with van der Waals surface area (Å²) in [7, 11) is 0. The molecule has 2 N–H and O–H groups in total. The molecule has 0 aromatic heterocycles. The summed E-state index contributed by atoms with van der Waals surface area (Å²) in [6.45, 7) is 1.24. The van der Waals surface area contributed by atoms with E-state index in [4.69, 9.17) is 9.84 Å². The van der Waals surface area contributed by atoms with Crippen molar-refractivity contribution >= 4 is 12.1 Å². The predicted molar refractivity (Wildman–Crippen MR) is 72.2 cm³/mol. The van der Waals surface area contributed by atoms with Crippen LogP contribution in [0.15, 0.2) is 30.3 Å². The smallest absolute Gasteiger partial charge is 0.410 e. The van der Waals surface area contributed by atoms with Crippen LogP contribution in [0.4, 0.5) is 4.79 Å². The number of benzene rings is 1. The van der Waals surface area contributed by atoms with E-state index in [1.165, 1.54) is 0 Å². The van der Waals surface area contributed by atoms with Gasteiger partial charge in [-0.05, 0) is 12.0 Å². The lowest BCUT2D eigenvalue weighted by Gasteiger charge is -2.16. The van der Waals surface area contributed by atoms with Gasteiger partial charge < -0.3 is 20.1 Å². The molecule has 6 heteroatoms. The zero-order valence-electron chi connectivity index (χ0n) is 11.1. The summed E-state index contributed by atoms with van der Waals surface area (Å²) >= 11 is 0. The highest BCUT2D eigenvalue weighted by atomic mass is 16.6. The Morgan fingerprint density at radius 2 is 2.10 bits per heavy atom. The molecule has 0 saturated carbocycles. The van der Waals surface area contributed by atoms with Gasteiger partial charge in [-0.3, -0.25) is 4.79 Å². The van der Waals surface area contributed by atoms with Crippen LogP contribution >= 0.6 is 0 Å². The molecule has 2 rings (SSSR count). The summed E-state index contributed by atoms with van der Waals surface area (Å²) < 4.78 is 5.23. The maximum absolute atomic E-state index is 11.9. The first kappa shape index (κ1) is 14.3. The van der Waals surface area contributed by atoms with E-state index < -0.39 is 5.97 Å². The molecule has 20 heavy (non-hydrogen) atoms. The Morgan fingerprint density at radius 1 is 1.35 bits per heavy atom. The zero-order valence-corrected chi connectivity index (χ0v) is 11.1. The predicted octanol–water partition coefficient (Wildman–Crippen LogP) is 1.07. The van der Waals surface area contributed by atoms with Gasteiger partial charge >= 0.3 is 12.1 Å². The number of rotatable bonds is 5. The number of hydrogen-bond donors (Lipinski definition) is 2. The Kier molecular flexibility index (Phi) is 4.95. The highest BCUT2D eigenvalue weighted by molar-refractivity contribution is 5.69. The summed E-state index contributed by atoms with van der Waals surface area (Å²) in [5, 5.41) is 11.5. The first-order chi connectivity index (χ1) is 9.65. The molecule has 0 aliphatic carbocycles. The van der Waals surface area contributed by atoms with Crippen molar-refractivity contribution in [3.63, 3.8) is 0 Å². The average molecular weight is 278 g/mol. The van der Waals surface area contributed by atoms with E-state index in [9.17, 15) is 9.59 Å². The minimum atomic E-state index is -0.893. The second-order valence-electron chi connectivity index (χ2n) is 4.75. The third-order valence-corrected chi connectivity index (χ3v) is 3.19. The molecule has 108 valence electrons. The van der Waals surface area contributed by atoms with Gasteiger partial charge in [0.05, 0.1) is 6.54 Å². The highest BCUT2D eigenvalue weighted by Crippen LogP contribution is 2.11. The average Bonchev–Trinajstić information content (AvgIpc) is 2.92. The molecule has 1 saturated heterocycles. The van der Waals surface area contributed by atoms with Crippen molar-refractivity contribution in [1.29, 1.82) is 0 Å². The molecule has 0 bridgehead atoms. The van der Waals surface area contributed by atoms with Crippen LogP contribution in [0.2, 0.25) is 0 Å². The van der Waals surface area contributed by atoms with Crippen molar-refractivity contribution in [3.8, 4) is 0 Å². The summed E-state index contributed by atoms with van der Waals surface area (Å²) in [4.78, 5) is 23.9. The first-order valence-corrected chi connectivity index (χ1v) is 6.56. The van der Waals surface area contributed by atoms with Crippen molar-refractivity contribution < 1.29 is 19.4 Å². The Morgan fingerprint density at radius 3 is 2.80 bits per heavy atom. The maximum atomic E-state index is 11.9. The lowest BCUT2D eigenvalue weighted by atomic mass is 10.2. The number of nitrogens with zero attached hydrogens (tertiary/aromatic N) is 1. The minimum absolute atomic E-state index is 0.0235. The number of carbonyl (C=O) groups is 2. The lowest BCUT2D eigenvalue weighted by Crippen LogP contribution is -2.37. The van der Waals surface area contributed by atoms with Crippen molar-refractivity contribution in [2.45, 2.75) is 19.1 Å². The zero-order chi connectivity index (χ0) is 14.4. The monoisotopic (exact) mass is 278 g/mol. The van der Waals surface area contributed by atoms with Gasteiger partial charge in [-0.2, -0.15) is 0 Å². The van der Waals surface area contributed by atoms with Crippen LogP contribution in [0.1, 0.15) is 12.0 Å². The SMILES string of the molecule is O=C(O)CN[C@@H]1CCN(C(=O)OCc2ccccc2)C1. The van der Waals surface area contributed by atoms with Gasteiger partial charge in [-0.15, -0.1) is 0 Å². The molecule has 6 nitrogen and oxygen atoms in total. The Balaban J connectivity index is 1.73. The quantitative estimate of drug-likeness (QED) is 0.842. The van der Waals surface area contributed by atoms with E-state index in [2.05, 4.69) is 5.32 Å². The highest BCUT2D eigenvalue weighted by Gasteiger charge is 2.27. The van der Waals surface area contributed by atoms with Crippen LogP contribution in [0.5, 0.6) is 0 Å². The van der Waals surface area contributed by atoms with Gasteiger partial charge in [0.15, 0.2) is 0 Å². The lowest BCUT2D eigenvalue weighted by molar-refractivity contribution is -0.136. The Labute approximate surface area is 117 Å². The molecule has 0 radical (unpaired) electrons. The first-order valence-electron chi connectivity index (χ1n) is 6.56. The number of carboxylic acid groups (broad SMARTS) is 1. The molecule has 0 spiro atoms. The van der Waals surface area contributed by atoms with Crippen molar-refractivity contribution in [2.75, 3.05) is 19.6 Å². The number of carboxylic acids is 1. The molecule has 1 heterocycles. The van der Waals surface area contributed by atoms with E-state index in [1.807, 2.05) is 30.3 Å². The number of aliphatic carboxylic acids is 1. The van der Waals surface area contributed by atoms with Crippen LogP contribution < -0.4 is 5.32 Å². The van der Waals surface area contributed by atoms with Gasteiger partial charge in [0, 0.05) is 19.1 Å². The summed E-state index contributed by atoms with van der Waals surface area (Å²) in [6, 6.07) is 9.51. The van der Waals surface area contributed by atoms with E-state index in [1.54, 1.807) is 4.90 Å². The molecule has 1 amide bonds. The number of nitrogens with one attached hydrogen (secondary N) is 1. The number of amides is 1. The third-order valence-electron chi connectivity index (χ3n) is 3.19. The molecule has 1 atom stereocenters. The third kappa shape index (κ3) is 4.24. The molecular weight excluding hydrogens is 260 g/mol. The molecule has 1 fully saturated rings. The molecule has 1 aromatic rings. The standard InChI is InChI=1S/C14H18N2O4/c17-13(18)8-15-12-6-7-16(9-12)14(19)20-10-11-4-2-1-3-5-11/h1-5,12,15H,6-10H2,(H,17,18)/t12-/m1/s1. The molecule has 1 aliphatic rings. The van der Waals surface area contributed by atoms with E-state index in [0.29, 0.717) is 13.1 Å². The van der Waals surface area contributed by atoms with Gasteiger partial charge in [0.25, 0.3) is 0 Å². The van der Waals surface area contributed by atoms with E-state index in [0.717, 1.165) is 12.0 Å². The van der Waals surface area contributed by atoms with Gasteiger partial charge in [-0.25, -0.2) is 4.79 Å². The number of ether oxygens (including phenoxy) is 1. The Hall–Kier alpha value is -2.08. The fourth-order valence-electron chi connectivity index (χ4n) is 2.13. The van der Waals surface area contributed by atoms with E-state index >= 15 is 0 Å². The van der Waals surface area contributed by atoms with Crippen LogP contribution in [-0.4, -0.2) is 47.7 Å². The van der Waals surface area contributed by atoms with Gasteiger partial charge in [0.2, 0.25) is 0 Å². The summed E-state index contributed by atoms with van der Waals surface area (Å²) in [5.74, 6) is -0.893. The van der Waals surface area contributed by atoms with Crippen LogP contribution in [0, 0.1) is 0 Å². The second-order valence-corrected chi connectivity index (χ2v) is 4.75. The van der Waals surface area contributed by atoms with Crippen molar-refractivity contribution in [1.82, 2.24) is 10.2 Å². The minimum Gasteiger partial charge on any atom is -0.480 e. The molecule has 1 aromatic carbocycles. The van der Waals surface area contributed by atoms with Gasteiger partial charge in [0.1, 0.15) is 6.61 Å². The Bertz CT molecular complexity index is 464. The van der Waals surface area contributed by atoms with Gasteiger partial charge in [-0.1, -0.05) is 30.3 Å². The largest absolute Gasteiger partial charge is 0.480 e. The fraction of sp³-hybridized carbons (Fsp3) is 0.429. The normalized spacial score (nSPS) is 18.0. The number of hydrogen-bond acceptors (Lipinski definition) is 4. The molecule has 0 unspecified atom stereocenters. The number of carbonyl (C=O) groups excluding carboxylic acids is 1. The second kappa shape index (κ2) is 6.91. The van der Waals surface area contributed by atoms with Crippen LogP contribution in [-0.2, 0) is 16.1 Å². The maximum Gasteiger partial charge on any atom is 0.410 e. The number of likely N-dealkylation sites (tertiary alicyclic amines) is 1. The van der Waals surface area contributed by atoms with Crippen molar-refractivity contribution in [3.05, 3.63) is 35.9 Å². The van der Waals surface area contributed by atoms with Crippen LogP contribution in [0.3, 0.4) is 0 Å². The topological polar surface area (TPSA) is 78.9 Å². The molecular formula is C14H18N2O4. The van der Waals surface area contributed by atoms with Crippen molar-refractivity contribution in [2.24, 2.45) is 0 Å². The summed E-state index contributed by atoms with van der Waals surface area (Å²) in [5.41, 5.74) is 0.945. The summed E-state index contributed by atoms with van der Waals surface area (Å²) in [6.07, 6.45) is 0.391. The van der Waals surface area contributed by atoms with E-state index in [-0.39, 0.29) is 25.3 Å². The molecule has 1 aliphatic heterocycles. The fourth-order valence-corrected chi connectivity index (χ4v) is 2.13. The van der Waals surface area contributed by atoms with Crippen LogP contribution in [0.25, 0.3) is 0 Å².